The van der Waals surface area contributed by atoms with Crippen molar-refractivity contribution in [2.75, 3.05) is 0 Å². The highest BCUT2D eigenvalue weighted by molar-refractivity contribution is 5.69. The van der Waals surface area contributed by atoms with Gasteiger partial charge in [0.15, 0.2) is 0 Å². The lowest BCUT2D eigenvalue weighted by Crippen LogP contribution is -2.12. The van der Waals surface area contributed by atoms with Gasteiger partial charge in [0.1, 0.15) is 0 Å². The summed E-state index contributed by atoms with van der Waals surface area (Å²) in [6, 6.07) is 0. The van der Waals surface area contributed by atoms with E-state index in [0.29, 0.717) is 0 Å². The molecule has 0 rings (SSSR count). The monoisotopic (exact) mass is 270 g/mol. The number of hydrogen-bond acceptors (Lipinski definition) is 1. The largest absolute Gasteiger partial charge is 0.481 e. The molecule has 0 aromatic carbocycles. The van der Waals surface area contributed by atoms with Crippen molar-refractivity contribution in [3.8, 4) is 0 Å². The minimum absolute atomic E-state index is 0.118. The molecule has 2 heteroatoms. The third kappa shape index (κ3) is 11.0. The van der Waals surface area contributed by atoms with Gasteiger partial charge < -0.3 is 5.11 Å². The first-order valence-electron chi connectivity index (χ1n) is 8.34. The molecule has 0 spiro atoms. The van der Waals surface area contributed by atoms with Gasteiger partial charge in [0, 0.05) is 0 Å². The highest BCUT2D eigenvalue weighted by atomic mass is 16.4. The van der Waals surface area contributed by atoms with Crippen LogP contribution in [-0.4, -0.2) is 11.1 Å². The van der Waals surface area contributed by atoms with Crippen LogP contribution in [0.2, 0.25) is 0 Å². The Morgan fingerprint density at radius 2 is 1.42 bits per heavy atom. The standard InChI is InChI=1S/C17H34O2/c1-4-6-9-12-15(3)13-10-7-8-11-14-16(5-2)17(18)19/h15-16H,4-14H2,1-3H3,(H,18,19). The average Bonchev–Trinajstić information content (AvgIpc) is 2.37. The summed E-state index contributed by atoms with van der Waals surface area (Å²) in [7, 11) is 0. The van der Waals surface area contributed by atoms with Crippen molar-refractivity contribution in [3.05, 3.63) is 0 Å². The molecule has 0 saturated carbocycles. The van der Waals surface area contributed by atoms with Gasteiger partial charge in [0.2, 0.25) is 0 Å². The molecule has 0 aliphatic carbocycles. The molecule has 0 amide bonds. The van der Waals surface area contributed by atoms with E-state index in [9.17, 15) is 4.79 Å². The lowest BCUT2D eigenvalue weighted by molar-refractivity contribution is -0.142. The summed E-state index contributed by atoms with van der Waals surface area (Å²) in [5.74, 6) is 0.133. The molecule has 19 heavy (non-hydrogen) atoms. The average molecular weight is 270 g/mol. The van der Waals surface area contributed by atoms with Gasteiger partial charge in [-0.25, -0.2) is 0 Å². The molecule has 0 aromatic heterocycles. The van der Waals surface area contributed by atoms with Crippen molar-refractivity contribution in [1.82, 2.24) is 0 Å². The molecule has 0 saturated heterocycles. The summed E-state index contributed by atoms with van der Waals surface area (Å²) in [4.78, 5) is 10.9. The summed E-state index contributed by atoms with van der Waals surface area (Å²) in [5, 5.41) is 8.95. The van der Waals surface area contributed by atoms with E-state index in [1.165, 1.54) is 51.4 Å². The number of carboxylic acid groups (broad SMARTS) is 1. The highest BCUT2D eigenvalue weighted by Crippen LogP contribution is 2.19. The fraction of sp³-hybridized carbons (Fsp3) is 0.941. The van der Waals surface area contributed by atoms with Crippen LogP contribution in [0.4, 0.5) is 0 Å². The topological polar surface area (TPSA) is 37.3 Å². The first-order valence-corrected chi connectivity index (χ1v) is 8.34. The molecule has 114 valence electrons. The van der Waals surface area contributed by atoms with Gasteiger partial charge in [-0.05, 0) is 18.8 Å². The van der Waals surface area contributed by atoms with Crippen LogP contribution in [0.1, 0.15) is 91.4 Å². The van der Waals surface area contributed by atoms with Gasteiger partial charge in [0.05, 0.1) is 5.92 Å². The second kappa shape index (κ2) is 12.5. The van der Waals surface area contributed by atoms with E-state index >= 15 is 0 Å². The van der Waals surface area contributed by atoms with Crippen LogP contribution >= 0.6 is 0 Å². The van der Waals surface area contributed by atoms with Gasteiger partial charge in [-0.3, -0.25) is 4.79 Å². The molecule has 0 bridgehead atoms. The van der Waals surface area contributed by atoms with Gasteiger partial charge in [-0.15, -0.1) is 0 Å². The van der Waals surface area contributed by atoms with Crippen LogP contribution in [0.25, 0.3) is 0 Å². The second-order valence-electron chi connectivity index (χ2n) is 6.04. The fourth-order valence-corrected chi connectivity index (χ4v) is 2.63. The zero-order valence-electron chi connectivity index (χ0n) is 13.3. The summed E-state index contributed by atoms with van der Waals surface area (Å²) in [6.07, 6.45) is 13.3. The van der Waals surface area contributed by atoms with Crippen LogP contribution < -0.4 is 0 Å². The number of hydrogen-bond donors (Lipinski definition) is 1. The number of aliphatic carboxylic acids is 1. The fourth-order valence-electron chi connectivity index (χ4n) is 2.63. The molecule has 0 aromatic rings. The van der Waals surface area contributed by atoms with Crippen LogP contribution in [0.3, 0.4) is 0 Å². The molecule has 2 atom stereocenters. The van der Waals surface area contributed by atoms with Crippen molar-refractivity contribution in [2.24, 2.45) is 11.8 Å². The zero-order chi connectivity index (χ0) is 14.5. The first kappa shape index (κ1) is 18.5. The number of unbranched alkanes of at least 4 members (excludes halogenated alkanes) is 5. The molecule has 0 aliphatic rings. The van der Waals surface area contributed by atoms with E-state index < -0.39 is 5.97 Å². The third-order valence-corrected chi connectivity index (χ3v) is 4.14. The molecule has 2 unspecified atom stereocenters. The Bertz CT molecular complexity index is 213. The van der Waals surface area contributed by atoms with Gasteiger partial charge in [-0.2, -0.15) is 0 Å². The Kier molecular flexibility index (Phi) is 12.2. The van der Waals surface area contributed by atoms with Crippen LogP contribution in [0.15, 0.2) is 0 Å². The minimum Gasteiger partial charge on any atom is -0.481 e. The van der Waals surface area contributed by atoms with Crippen molar-refractivity contribution >= 4 is 5.97 Å². The Hall–Kier alpha value is -0.530. The quantitative estimate of drug-likeness (QED) is 0.439. The summed E-state index contributed by atoms with van der Waals surface area (Å²) < 4.78 is 0. The van der Waals surface area contributed by atoms with Crippen LogP contribution in [-0.2, 0) is 4.79 Å². The number of rotatable bonds is 13. The van der Waals surface area contributed by atoms with Gasteiger partial charge >= 0.3 is 5.97 Å². The minimum atomic E-state index is -0.618. The molecular formula is C17H34O2. The normalized spacial score (nSPS) is 14.3. The van der Waals surface area contributed by atoms with Crippen molar-refractivity contribution in [1.29, 1.82) is 0 Å². The maximum Gasteiger partial charge on any atom is 0.306 e. The van der Waals surface area contributed by atoms with E-state index in [0.717, 1.165) is 25.2 Å². The lowest BCUT2D eigenvalue weighted by Gasteiger charge is -2.11. The molecule has 0 heterocycles. The van der Waals surface area contributed by atoms with Crippen molar-refractivity contribution in [3.63, 3.8) is 0 Å². The molecule has 0 aliphatic heterocycles. The van der Waals surface area contributed by atoms with Gasteiger partial charge in [0.25, 0.3) is 0 Å². The zero-order valence-corrected chi connectivity index (χ0v) is 13.3. The number of carboxylic acids is 1. The smallest absolute Gasteiger partial charge is 0.306 e. The molecule has 0 fully saturated rings. The van der Waals surface area contributed by atoms with E-state index in [4.69, 9.17) is 5.11 Å². The second-order valence-corrected chi connectivity index (χ2v) is 6.04. The summed E-state index contributed by atoms with van der Waals surface area (Å²) in [6.45, 7) is 6.59. The summed E-state index contributed by atoms with van der Waals surface area (Å²) >= 11 is 0. The van der Waals surface area contributed by atoms with Gasteiger partial charge in [-0.1, -0.05) is 78.6 Å². The molecular weight excluding hydrogens is 236 g/mol. The predicted octanol–water partition coefficient (Wildman–Crippen LogP) is 5.65. The Labute approximate surface area is 120 Å². The maximum atomic E-state index is 10.9. The maximum absolute atomic E-state index is 10.9. The predicted molar refractivity (Wildman–Crippen MR) is 82.4 cm³/mol. The van der Waals surface area contributed by atoms with E-state index in [-0.39, 0.29) is 5.92 Å². The van der Waals surface area contributed by atoms with Crippen molar-refractivity contribution in [2.45, 2.75) is 91.4 Å². The van der Waals surface area contributed by atoms with E-state index in [1.807, 2.05) is 6.92 Å². The Morgan fingerprint density at radius 1 is 0.895 bits per heavy atom. The van der Waals surface area contributed by atoms with E-state index in [2.05, 4.69) is 13.8 Å². The van der Waals surface area contributed by atoms with E-state index in [1.54, 1.807) is 0 Å². The SMILES string of the molecule is CCCCCC(C)CCCCCCC(CC)C(=O)O. The molecule has 0 radical (unpaired) electrons. The summed E-state index contributed by atoms with van der Waals surface area (Å²) in [5.41, 5.74) is 0. The van der Waals surface area contributed by atoms with Crippen LogP contribution in [0.5, 0.6) is 0 Å². The first-order chi connectivity index (χ1) is 9.11. The third-order valence-electron chi connectivity index (χ3n) is 4.14. The Morgan fingerprint density at radius 3 is 1.89 bits per heavy atom. The Balaban J connectivity index is 3.37. The van der Waals surface area contributed by atoms with Crippen molar-refractivity contribution < 1.29 is 9.90 Å². The molecule has 1 N–H and O–H groups in total. The highest BCUT2D eigenvalue weighted by Gasteiger charge is 2.13. The number of carbonyl (C=O) groups is 1. The molecule has 2 nitrogen and oxygen atoms in total. The van der Waals surface area contributed by atoms with Crippen LogP contribution in [0, 0.1) is 11.8 Å². The lowest BCUT2D eigenvalue weighted by atomic mass is 9.95.